The number of nitrogens with zero attached hydrogens (tertiary/aromatic N) is 1. The maximum Gasteiger partial charge on any atom is 0.137 e. The molecular formula is C8H7N2. The van der Waals surface area contributed by atoms with Crippen molar-refractivity contribution < 1.29 is 0 Å². The Labute approximate surface area is 58.9 Å². The van der Waals surface area contributed by atoms with Crippen molar-refractivity contribution in [2.45, 2.75) is 0 Å². The van der Waals surface area contributed by atoms with Gasteiger partial charge in [0.05, 0.1) is 0 Å². The van der Waals surface area contributed by atoms with E-state index in [2.05, 4.69) is 16.9 Å². The minimum Gasteiger partial charge on any atom is -0.346 e. The predicted molar refractivity (Wildman–Crippen MR) is 40.6 cm³/mol. The minimum absolute atomic E-state index is 0.910. The van der Waals surface area contributed by atoms with E-state index in [-0.39, 0.29) is 0 Å². The molecule has 1 N–H and O–H groups in total. The van der Waals surface area contributed by atoms with Crippen molar-refractivity contribution in [2.24, 2.45) is 0 Å². The highest BCUT2D eigenvalue weighted by Gasteiger charge is 1.95. The van der Waals surface area contributed by atoms with Crippen LogP contribution in [-0.2, 0) is 0 Å². The van der Waals surface area contributed by atoms with Crippen molar-refractivity contribution in [3.63, 3.8) is 0 Å². The molecule has 0 amide bonds. The van der Waals surface area contributed by atoms with Gasteiger partial charge in [-0.15, -0.1) is 0 Å². The third-order valence-electron chi connectivity index (χ3n) is 1.55. The molecule has 0 atom stereocenters. The molecule has 2 heteroatoms. The lowest BCUT2D eigenvalue weighted by molar-refractivity contribution is 1.32. The van der Waals surface area contributed by atoms with Crippen LogP contribution in [0, 0.1) is 6.92 Å². The second-order valence-electron chi connectivity index (χ2n) is 2.21. The molecule has 0 aliphatic rings. The molecule has 0 aliphatic heterocycles. The molecule has 2 aromatic rings. The van der Waals surface area contributed by atoms with E-state index in [1.807, 2.05) is 18.3 Å². The van der Waals surface area contributed by atoms with Gasteiger partial charge in [-0.25, -0.2) is 4.98 Å². The van der Waals surface area contributed by atoms with Crippen LogP contribution in [0.1, 0.15) is 5.56 Å². The van der Waals surface area contributed by atoms with Crippen LogP contribution < -0.4 is 0 Å². The van der Waals surface area contributed by atoms with Gasteiger partial charge in [0.1, 0.15) is 5.65 Å². The summed E-state index contributed by atoms with van der Waals surface area (Å²) in [7, 11) is 0. The topological polar surface area (TPSA) is 28.7 Å². The number of nitrogens with one attached hydrogen (secondary N) is 1. The molecular weight excluding hydrogens is 124 g/mol. The molecule has 10 heavy (non-hydrogen) atoms. The molecule has 2 nitrogen and oxygen atoms in total. The first-order valence-electron chi connectivity index (χ1n) is 3.12. The standard InChI is InChI=1S/C8H7N2/c1-6-2-4-9-8-7(6)3-5-10-8/h2-5H,1H2,(H,9,10). The average molecular weight is 131 g/mol. The SMILES string of the molecule is [CH2]c1ccnc2[nH]ccc12. The molecule has 0 fully saturated rings. The van der Waals surface area contributed by atoms with Gasteiger partial charge in [-0.2, -0.15) is 0 Å². The molecule has 0 saturated carbocycles. The number of fused-ring (bicyclic) bond motifs is 1. The summed E-state index contributed by atoms with van der Waals surface area (Å²) in [6, 6.07) is 3.88. The summed E-state index contributed by atoms with van der Waals surface area (Å²) in [6.45, 7) is 3.86. The molecule has 1 radical (unpaired) electrons. The van der Waals surface area contributed by atoms with E-state index in [9.17, 15) is 0 Å². The molecule has 2 heterocycles. The van der Waals surface area contributed by atoms with Gasteiger partial charge >= 0.3 is 0 Å². The van der Waals surface area contributed by atoms with Gasteiger partial charge in [-0.05, 0) is 24.6 Å². The first-order valence-corrected chi connectivity index (χ1v) is 3.12. The maximum atomic E-state index is 4.11. The molecule has 0 unspecified atom stereocenters. The van der Waals surface area contributed by atoms with E-state index in [1.165, 1.54) is 0 Å². The van der Waals surface area contributed by atoms with Crippen molar-refractivity contribution >= 4 is 11.0 Å². The van der Waals surface area contributed by atoms with E-state index in [0.717, 1.165) is 16.6 Å². The zero-order valence-corrected chi connectivity index (χ0v) is 5.46. The molecule has 0 spiro atoms. The highest BCUT2D eigenvalue weighted by atomic mass is 14.8. The summed E-state index contributed by atoms with van der Waals surface area (Å²) in [4.78, 5) is 7.12. The van der Waals surface area contributed by atoms with Crippen molar-refractivity contribution in [2.75, 3.05) is 0 Å². The third kappa shape index (κ3) is 0.620. The Morgan fingerprint density at radius 1 is 1.40 bits per heavy atom. The Kier molecular flexibility index (Phi) is 1.01. The highest BCUT2D eigenvalue weighted by molar-refractivity contribution is 5.79. The summed E-state index contributed by atoms with van der Waals surface area (Å²) in [6.07, 6.45) is 3.62. The second kappa shape index (κ2) is 1.84. The summed E-state index contributed by atoms with van der Waals surface area (Å²) >= 11 is 0. The van der Waals surface area contributed by atoms with Crippen LogP contribution in [0.3, 0.4) is 0 Å². The first-order chi connectivity index (χ1) is 4.88. The lowest BCUT2D eigenvalue weighted by Crippen LogP contribution is -1.77. The molecule has 0 aromatic carbocycles. The van der Waals surface area contributed by atoms with Crippen LogP contribution in [0.25, 0.3) is 11.0 Å². The first kappa shape index (κ1) is 5.47. The lowest BCUT2D eigenvalue weighted by atomic mass is 10.2. The monoisotopic (exact) mass is 131 g/mol. The summed E-state index contributed by atoms with van der Waals surface area (Å²) in [5.74, 6) is 0. The summed E-state index contributed by atoms with van der Waals surface area (Å²) in [5.41, 5.74) is 1.93. The fraction of sp³-hybridized carbons (Fsp3) is 0. The number of hydrogen-bond acceptors (Lipinski definition) is 1. The largest absolute Gasteiger partial charge is 0.346 e. The average Bonchev–Trinajstić information content (AvgIpc) is 2.36. The van der Waals surface area contributed by atoms with Crippen LogP contribution in [-0.4, -0.2) is 9.97 Å². The van der Waals surface area contributed by atoms with Crippen LogP contribution in [0.5, 0.6) is 0 Å². The molecule has 49 valence electrons. The van der Waals surface area contributed by atoms with Gasteiger partial charge in [-0.1, -0.05) is 0 Å². The Balaban J connectivity index is 2.95. The van der Waals surface area contributed by atoms with Gasteiger partial charge < -0.3 is 4.98 Å². The highest BCUT2D eigenvalue weighted by Crippen LogP contribution is 2.12. The van der Waals surface area contributed by atoms with Gasteiger partial charge in [0.2, 0.25) is 0 Å². The second-order valence-corrected chi connectivity index (χ2v) is 2.21. The van der Waals surface area contributed by atoms with Crippen LogP contribution >= 0.6 is 0 Å². The molecule has 0 aliphatic carbocycles. The Hall–Kier alpha value is -1.31. The van der Waals surface area contributed by atoms with Crippen LogP contribution in [0.2, 0.25) is 0 Å². The van der Waals surface area contributed by atoms with E-state index >= 15 is 0 Å². The fourth-order valence-electron chi connectivity index (χ4n) is 1.02. The number of aromatic amines is 1. The van der Waals surface area contributed by atoms with E-state index in [4.69, 9.17) is 0 Å². The van der Waals surface area contributed by atoms with Crippen molar-refractivity contribution in [3.05, 3.63) is 37.0 Å². The minimum atomic E-state index is 0.910. The maximum absolute atomic E-state index is 4.11. The van der Waals surface area contributed by atoms with E-state index < -0.39 is 0 Å². The zero-order chi connectivity index (χ0) is 6.97. The number of aromatic nitrogens is 2. The normalized spacial score (nSPS) is 10.5. The van der Waals surface area contributed by atoms with Crippen molar-refractivity contribution in [1.29, 1.82) is 0 Å². The van der Waals surface area contributed by atoms with Crippen molar-refractivity contribution in [3.8, 4) is 0 Å². The fourth-order valence-corrected chi connectivity index (χ4v) is 1.02. The molecule has 2 rings (SSSR count). The van der Waals surface area contributed by atoms with Crippen LogP contribution in [0.15, 0.2) is 24.5 Å². The number of pyridine rings is 1. The Morgan fingerprint density at radius 2 is 2.30 bits per heavy atom. The van der Waals surface area contributed by atoms with Crippen molar-refractivity contribution in [1.82, 2.24) is 9.97 Å². The van der Waals surface area contributed by atoms with E-state index in [1.54, 1.807) is 6.20 Å². The van der Waals surface area contributed by atoms with E-state index in [0.29, 0.717) is 0 Å². The Bertz CT molecular complexity index is 349. The lowest BCUT2D eigenvalue weighted by Gasteiger charge is -1.91. The molecule has 0 saturated heterocycles. The quantitative estimate of drug-likeness (QED) is 0.579. The molecule has 2 aromatic heterocycles. The van der Waals surface area contributed by atoms with Gasteiger partial charge in [0, 0.05) is 17.8 Å². The summed E-state index contributed by atoms with van der Waals surface area (Å²) in [5, 5.41) is 1.10. The summed E-state index contributed by atoms with van der Waals surface area (Å²) < 4.78 is 0. The van der Waals surface area contributed by atoms with Gasteiger partial charge in [0.15, 0.2) is 0 Å². The Morgan fingerprint density at radius 3 is 3.10 bits per heavy atom. The molecule has 0 bridgehead atoms. The van der Waals surface area contributed by atoms with Gasteiger partial charge in [-0.3, -0.25) is 0 Å². The zero-order valence-electron chi connectivity index (χ0n) is 5.46. The van der Waals surface area contributed by atoms with Gasteiger partial charge in [0.25, 0.3) is 0 Å². The number of rotatable bonds is 0. The number of H-pyrrole nitrogens is 1. The smallest absolute Gasteiger partial charge is 0.137 e. The van der Waals surface area contributed by atoms with Crippen LogP contribution in [0.4, 0.5) is 0 Å². The number of hydrogen-bond donors (Lipinski definition) is 1. The predicted octanol–water partition coefficient (Wildman–Crippen LogP) is 1.75. The third-order valence-corrected chi connectivity index (χ3v) is 1.55.